The Labute approximate surface area is 165 Å². The van der Waals surface area contributed by atoms with Crippen molar-refractivity contribution >= 4 is 0 Å². The van der Waals surface area contributed by atoms with Crippen LogP contribution in [-0.4, -0.2) is 15.0 Å². The third-order valence-corrected chi connectivity index (χ3v) is 5.65. The fourth-order valence-electron chi connectivity index (χ4n) is 4.02. The molecular weight excluding hydrogens is 342 g/mol. The maximum absolute atomic E-state index is 4.39. The van der Waals surface area contributed by atoms with Gasteiger partial charge in [0.25, 0.3) is 0 Å². The maximum Gasteiger partial charge on any atom is 0.0892 e. The second-order valence-electron chi connectivity index (χ2n) is 7.57. The summed E-state index contributed by atoms with van der Waals surface area (Å²) in [5.41, 5.74) is 9.16. The quantitative estimate of drug-likeness (QED) is 0.518. The standard InChI is InChI=1S/C25H23N3/c1-2-4-22(5-3-1)18-28-25(17-26-27-28)24-16-21-11-10-19-6-8-20(9-7-19)12-14-23(24)15-13-21/h1-9,13,15-17H,10-12,14,18H2. The molecule has 28 heavy (non-hydrogen) atoms. The van der Waals surface area contributed by atoms with Crippen LogP contribution in [0.2, 0.25) is 0 Å². The van der Waals surface area contributed by atoms with Crippen LogP contribution in [-0.2, 0) is 32.2 Å². The fourth-order valence-corrected chi connectivity index (χ4v) is 4.02. The average Bonchev–Trinajstić information content (AvgIpc) is 3.18. The van der Waals surface area contributed by atoms with Gasteiger partial charge >= 0.3 is 0 Å². The average molecular weight is 365 g/mol. The van der Waals surface area contributed by atoms with Gasteiger partial charge in [-0.2, -0.15) is 0 Å². The summed E-state index contributed by atoms with van der Waals surface area (Å²) in [5, 5.41) is 8.62. The van der Waals surface area contributed by atoms with Crippen molar-refractivity contribution in [2.45, 2.75) is 32.2 Å². The minimum Gasteiger partial charge on any atom is -0.240 e. The first kappa shape index (κ1) is 16.9. The molecule has 3 nitrogen and oxygen atoms in total. The molecule has 4 aromatic rings. The molecule has 138 valence electrons. The van der Waals surface area contributed by atoms with Crippen molar-refractivity contribution in [3.8, 4) is 11.3 Å². The first-order chi connectivity index (χ1) is 13.8. The van der Waals surface area contributed by atoms with Crippen LogP contribution in [0.5, 0.6) is 0 Å². The van der Waals surface area contributed by atoms with Gasteiger partial charge in [0.15, 0.2) is 0 Å². The van der Waals surface area contributed by atoms with E-state index in [1.54, 1.807) is 0 Å². The van der Waals surface area contributed by atoms with Gasteiger partial charge in [-0.25, -0.2) is 4.68 Å². The number of hydrogen-bond acceptors (Lipinski definition) is 2. The molecule has 1 heterocycles. The van der Waals surface area contributed by atoms with Gasteiger partial charge in [-0.3, -0.25) is 0 Å². The summed E-state index contributed by atoms with van der Waals surface area (Å²) >= 11 is 0. The van der Waals surface area contributed by atoms with E-state index in [4.69, 9.17) is 0 Å². The molecule has 3 heteroatoms. The lowest BCUT2D eigenvalue weighted by atomic mass is 9.92. The highest BCUT2D eigenvalue weighted by molar-refractivity contribution is 5.64. The van der Waals surface area contributed by atoms with Crippen LogP contribution < -0.4 is 0 Å². The van der Waals surface area contributed by atoms with E-state index in [1.165, 1.54) is 33.4 Å². The molecule has 4 bridgehead atoms. The largest absolute Gasteiger partial charge is 0.240 e. The Kier molecular flexibility index (Phi) is 4.50. The van der Waals surface area contributed by atoms with Gasteiger partial charge in [0.2, 0.25) is 0 Å². The van der Waals surface area contributed by atoms with Crippen molar-refractivity contribution < 1.29 is 0 Å². The van der Waals surface area contributed by atoms with E-state index in [9.17, 15) is 0 Å². The molecule has 0 unspecified atom stereocenters. The lowest BCUT2D eigenvalue weighted by molar-refractivity contribution is 0.655. The smallest absolute Gasteiger partial charge is 0.0892 e. The molecule has 0 aliphatic heterocycles. The van der Waals surface area contributed by atoms with Crippen LogP contribution in [0.3, 0.4) is 0 Å². The molecule has 0 saturated carbocycles. The highest BCUT2D eigenvalue weighted by atomic mass is 15.4. The zero-order valence-electron chi connectivity index (χ0n) is 15.9. The van der Waals surface area contributed by atoms with E-state index in [1.807, 2.05) is 16.9 Å². The molecule has 0 spiro atoms. The Bertz CT molecular complexity index is 1080. The molecule has 0 N–H and O–H groups in total. The number of benzene rings is 3. The summed E-state index contributed by atoms with van der Waals surface area (Å²) in [6.45, 7) is 0.737. The molecule has 0 saturated heterocycles. The summed E-state index contributed by atoms with van der Waals surface area (Å²) < 4.78 is 2.03. The molecule has 0 radical (unpaired) electrons. The summed E-state index contributed by atoms with van der Waals surface area (Å²) in [7, 11) is 0. The number of aromatic nitrogens is 3. The SMILES string of the molecule is c1ccc(Cn2nncc2-c2cc3ccc2CCc2ccc(cc2)CC3)cc1. The van der Waals surface area contributed by atoms with Gasteiger partial charge in [-0.05, 0) is 59.6 Å². The number of aryl methyl sites for hydroxylation is 4. The zero-order valence-corrected chi connectivity index (χ0v) is 15.9. The first-order valence-corrected chi connectivity index (χ1v) is 9.97. The maximum atomic E-state index is 4.39. The minimum absolute atomic E-state index is 0.737. The third-order valence-electron chi connectivity index (χ3n) is 5.65. The third kappa shape index (κ3) is 3.48. The highest BCUT2D eigenvalue weighted by Crippen LogP contribution is 2.28. The first-order valence-electron chi connectivity index (χ1n) is 9.97. The Hall–Kier alpha value is -3.20. The lowest BCUT2D eigenvalue weighted by Gasteiger charge is -2.15. The summed E-state index contributed by atoms with van der Waals surface area (Å²) in [4.78, 5) is 0. The predicted molar refractivity (Wildman–Crippen MR) is 112 cm³/mol. The van der Waals surface area contributed by atoms with Crippen LogP contribution in [0.1, 0.15) is 27.8 Å². The molecular formula is C25H23N3. The summed E-state index contributed by atoms with van der Waals surface area (Å²) in [6, 6.07) is 26.5. The van der Waals surface area contributed by atoms with Gasteiger partial charge in [-0.1, -0.05) is 71.9 Å². The molecule has 3 aromatic carbocycles. The number of nitrogens with zero attached hydrogens (tertiary/aromatic N) is 3. The lowest BCUT2D eigenvalue weighted by Crippen LogP contribution is -2.06. The van der Waals surface area contributed by atoms with Crippen molar-refractivity contribution in [3.63, 3.8) is 0 Å². The van der Waals surface area contributed by atoms with E-state index in [0.717, 1.165) is 37.9 Å². The second-order valence-corrected chi connectivity index (χ2v) is 7.57. The van der Waals surface area contributed by atoms with Crippen molar-refractivity contribution in [1.29, 1.82) is 0 Å². The van der Waals surface area contributed by atoms with Crippen LogP contribution >= 0.6 is 0 Å². The Morgan fingerprint density at radius 1 is 0.714 bits per heavy atom. The number of hydrogen-bond donors (Lipinski definition) is 0. The molecule has 0 fully saturated rings. The normalized spacial score (nSPS) is 13.3. The van der Waals surface area contributed by atoms with E-state index < -0.39 is 0 Å². The number of rotatable bonds is 3. The Morgan fingerprint density at radius 3 is 2.18 bits per heavy atom. The summed E-state index contributed by atoms with van der Waals surface area (Å²) in [6.07, 6.45) is 6.09. The molecule has 8 rings (SSSR count). The van der Waals surface area contributed by atoms with Gasteiger partial charge in [-0.15, -0.1) is 5.10 Å². The molecule has 0 amide bonds. The van der Waals surface area contributed by atoms with Gasteiger partial charge in [0, 0.05) is 5.56 Å². The fraction of sp³-hybridized carbons (Fsp3) is 0.200. The molecule has 4 aliphatic rings. The molecule has 4 aliphatic carbocycles. The van der Waals surface area contributed by atoms with Gasteiger partial charge in [0.05, 0.1) is 18.4 Å². The van der Waals surface area contributed by atoms with E-state index in [-0.39, 0.29) is 0 Å². The second kappa shape index (κ2) is 7.43. The highest BCUT2D eigenvalue weighted by Gasteiger charge is 2.14. The van der Waals surface area contributed by atoms with Gasteiger partial charge < -0.3 is 0 Å². The van der Waals surface area contributed by atoms with Crippen LogP contribution in [0.15, 0.2) is 79.0 Å². The molecule has 0 atom stereocenters. The van der Waals surface area contributed by atoms with Gasteiger partial charge in [0.1, 0.15) is 0 Å². The van der Waals surface area contributed by atoms with E-state index >= 15 is 0 Å². The monoisotopic (exact) mass is 365 g/mol. The van der Waals surface area contributed by atoms with Crippen molar-refractivity contribution in [1.82, 2.24) is 15.0 Å². The molecule has 1 aromatic heterocycles. The van der Waals surface area contributed by atoms with E-state index in [2.05, 4.69) is 77.0 Å². The topological polar surface area (TPSA) is 30.7 Å². The van der Waals surface area contributed by atoms with Crippen molar-refractivity contribution in [2.75, 3.05) is 0 Å². The van der Waals surface area contributed by atoms with Crippen LogP contribution in [0, 0.1) is 0 Å². The van der Waals surface area contributed by atoms with Crippen molar-refractivity contribution in [3.05, 3.63) is 107 Å². The Morgan fingerprint density at radius 2 is 1.39 bits per heavy atom. The van der Waals surface area contributed by atoms with Crippen molar-refractivity contribution in [2.24, 2.45) is 0 Å². The predicted octanol–water partition coefficient (Wildman–Crippen LogP) is 4.88. The minimum atomic E-state index is 0.737. The zero-order chi connectivity index (χ0) is 18.8. The summed E-state index contributed by atoms with van der Waals surface area (Å²) in [5.74, 6) is 0. The van der Waals surface area contributed by atoms with Crippen LogP contribution in [0.25, 0.3) is 11.3 Å². The van der Waals surface area contributed by atoms with E-state index in [0.29, 0.717) is 0 Å². The van der Waals surface area contributed by atoms with Crippen LogP contribution in [0.4, 0.5) is 0 Å². The Balaban J connectivity index is 1.53.